The Morgan fingerprint density at radius 3 is 2.92 bits per heavy atom. The minimum Gasteiger partial charge on any atom is -0.484 e. The average molecular weight is 179 g/mol. The van der Waals surface area contributed by atoms with Crippen molar-refractivity contribution in [2.24, 2.45) is 5.73 Å². The van der Waals surface area contributed by atoms with Gasteiger partial charge in [-0.1, -0.05) is 19.1 Å². The molecule has 0 aliphatic heterocycles. The van der Waals surface area contributed by atoms with Crippen LogP contribution in [-0.2, 0) is 11.2 Å². The maximum atomic E-state index is 10.4. The van der Waals surface area contributed by atoms with Crippen LogP contribution in [0.2, 0.25) is 0 Å². The van der Waals surface area contributed by atoms with Crippen LogP contribution in [0.1, 0.15) is 12.5 Å². The third-order valence-corrected chi connectivity index (χ3v) is 1.69. The molecule has 0 bridgehead atoms. The molecular formula is C10H13NO2. The molecule has 1 aromatic carbocycles. The number of carbonyl (C=O) groups is 1. The van der Waals surface area contributed by atoms with E-state index in [1.807, 2.05) is 24.3 Å². The fourth-order valence-electron chi connectivity index (χ4n) is 1.01. The molecular weight excluding hydrogens is 166 g/mol. The molecule has 0 saturated heterocycles. The van der Waals surface area contributed by atoms with Gasteiger partial charge in [0.15, 0.2) is 6.61 Å². The molecule has 0 aliphatic rings. The monoisotopic (exact) mass is 179 g/mol. The largest absolute Gasteiger partial charge is 0.484 e. The second-order valence-corrected chi connectivity index (χ2v) is 2.76. The smallest absolute Gasteiger partial charge is 0.255 e. The molecule has 0 spiro atoms. The lowest BCUT2D eigenvalue weighted by molar-refractivity contribution is -0.119. The topological polar surface area (TPSA) is 52.3 Å². The first-order chi connectivity index (χ1) is 6.22. The van der Waals surface area contributed by atoms with E-state index in [2.05, 4.69) is 6.92 Å². The Hall–Kier alpha value is -1.51. The second kappa shape index (κ2) is 4.50. The van der Waals surface area contributed by atoms with Gasteiger partial charge in [0.25, 0.3) is 5.91 Å². The maximum Gasteiger partial charge on any atom is 0.255 e. The summed E-state index contributed by atoms with van der Waals surface area (Å²) in [5.41, 5.74) is 6.13. The Labute approximate surface area is 77.5 Å². The molecule has 1 amide bonds. The van der Waals surface area contributed by atoms with Gasteiger partial charge in [-0.25, -0.2) is 0 Å². The van der Waals surface area contributed by atoms with Crippen LogP contribution in [0.5, 0.6) is 5.75 Å². The van der Waals surface area contributed by atoms with E-state index in [1.165, 1.54) is 5.56 Å². The highest BCUT2D eigenvalue weighted by molar-refractivity contribution is 5.75. The molecule has 0 heterocycles. The summed E-state index contributed by atoms with van der Waals surface area (Å²) >= 11 is 0. The van der Waals surface area contributed by atoms with Crippen molar-refractivity contribution in [3.05, 3.63) is 29.8 Å². The highest BCUT2D eigenvalue weighted by Crippen LogP contribution is 2.13. The Morgan fingerprint density at radius 2 is 2.31 bits per heavy atom. The van der Waals surface area contributed by atoms with Crippen molar-refractivity contribution in [1.82, 2.24) is 0 Å². The van der Waals surface area contributed by atoms with Gasteiger partial charge < -0.3 is 10.5 Å². The molecule has 0 aromatic heterocycles. The van der Waals surface area contributed by atoms with Crippen LogP contribution in [0.3, 0.4) is 0 Å². The predicted molar refractivity (Wildman–Crippen MR) is 50.5 cm³/mol. The van der Waals surface area contributed by atoms with E-state index in [-0.39, 0.29) is 6.61 Å². The Balaban J connectivity index is 2.61. The van der Waals surface area contributed by atoms with E-state index in [4.69, 9.17) is 10.5 Å². The average Bonchev–Trinajstić information content (AvgIpc) is 2.15. The van der Waals surface area contributed by atoms with E-state index >= 15 is 0 Å². The maximum absolute atomic E-state index is 10.4. The Bertz CT molecular complexity index is 297. The molecule has 1 aromatic rings. The van der Waals surface area contributed by atoms with Crippen LogP contribution in [0.15, 0.2) is 24.3 Å². The molecule has 0 unspecified atom stereocenters. The molecule has 0 saturated carbocycles. The minimum atomic E-state index is -0.457. The summed E-state index contributed by atoms with van der Waals surface area (Å²) in [5, 5.41) is 0. The van der Waals surface area contributed by atoms with Gasteiger partial charge in [0, 0.05) is 0 Å². The number of rotatable bonds is 4. The number of primary amides is 1. The standard InChI is InChI=1S/C10H13NO2/c1-2-8-4-3-5-9(6-8)13-7-10(11)12/h3-6H,2,7H2,1H3,(H2,11,12). The Kier molecular flexibility index (Phi) is 3.31. The van der Waals surface area contributed by atoms with E-state index < -0.39 is 5.91 Å². The minimum absolute atomic E-state index is 0.0623. The quantitative estimate of drug-likeness (QED) is 0.752. The summed E-state index contributed by atoms with van der Waals surface area (Å²) < 4.78 is 5.14. The molecule has 0 atom stereocenters. The highest BCUT2D eigenvalue weighted by atomic mass is 16.5. The summed E-state index contributed by atoms with van der Waals surface area (Å²) in [7, 11) is 0. The zero-order chi connectivity index (χ0) is 9.68. The fourth-order valence-corrected chi connectivity index (χ4v) is 1.01. The first-order valence-corrected chi connectivity index (χ1v) is 4.22. The number of hydrogen-bond donors (Lipinski definition) is 1. The van der Waals surface area contributed by atoms with Crippen LogP contribution < -0.4 is 10.5 Å². The van der Waals surface area contributed by atoms with E-state index in [1.54, 1.807) is 0 Å². The van der Waals surface area contributed by atoms with Gasteiger partial charge in [0.05, 0.1) is 0 Å². The molecule has 13 heavy (non-hydrogen) atoms. The van der Waals surface area contributed by atoms with Gasteiger partial charge >= 0.3 is 0 Å². The molecule has 0 fully saturated rings. The highest BCUT2D eigenvalue weighted by Gasteiger charge is 1.97. The number of hydrogen-bond acceptors (Lipinski definition) is 2. The lowest BCUT2D eigenvalue weighted by atomic mass is 10.2. The van der Waals surface area contributed by atoms with Gasteiger partial charge in [-0.3, -0.25) is 4.79 Å². The molecule has 2 N–H and O–H groups in total. The lowest BCUT2D eigenvalue weighted by Crippen LogP contribution is -2.20. The van der Waals surface area contributed by atoms with Crippen molar-refractivity contribution in [1.29, 1.82) is 0 Å². The molecule has 3 heteroatoms. The SMILES string of the molecule is CCc1cccc(OCC(N)=O)c1. The Morgan fingerprint density at radius 1 is 1.54 bits per heavy atom. The van der Waals surface area contributed by atoms with E-state index in [0.717, 1.165) is 6.42 Å². The number of nitrogens with two attached hydrogens (primary N) is 1. The third-order valence-electron chi connectivity index (χ3n) is 1.69. The van der Waals surface area contributed by atoms with Crippen LogP contribution in [-0.4, -0.2) is 12.5 Å². The molecule has 3 nitrogen and oxygen atoms in total. The van der Waals surface area contributed by atoms with Gasteiger partial charge in [-0.2, -0.15) is 0 Å². The first kappa shape index (κ1) is 9.58. The molecule has 1 rings (SSSR count). The summed E-state index contributed by atoms with van der Waals surface area (Å²) in [6.45, 7) is 2.00. The van der Waals surface area contributed by atoms with Crippen molar-refractivity contribution < 1.29 is 9.53 Å². The van der Waals surface area contributed by atoms with Crippen LogP contribution in [0, 0.1) is 0 Å². The number of benzene rings is 1. The number of amides is 1. The first-order valence-electron chi connectivity index (χ1n) is 4.22. The van der Waals surface area contributed by atoms with E-state index in [0.29, 0.717) is 5.75 Å². The molecule has 70 valence electrons. The summed E-state index contributed by atoms with van der Waals surface area (Å²) in [6, 6.07) is 7.62. The van der Waals surface area contributed by atoms with Crippen molar-refractivity contribution in [2.75, 3.05) is 6.61 Å². The number of ether oxygens (including phenoxy) is 1. The van der Waals surface area contributed by atoms with Gasteiger partial charge in [-0.15, -0.1) is 0 Å². The van der Waals surface area contributed by atoms with Gasteiger partial charge in [0.1, 0.15) is 5.75 Å². The summed E-state index contributed by atoms with van der Waals surface area (Å²) in [4.78, 5) is 10.4. The number of carbonyl (C=O) groups excluding carboxylic acids is 1. The van der Waals surface area contributed by atoms with Crippen molar-refractivity contribution >= 4 is 5.91 Å². The molecule has 0 aliphatic carbocycles. The molecule has 0 radical (unpaired) electrons. The van der Waals surface area contributed by atoms with E-state index in [9.17, 15) is 4.79 Å². The normalized spacial score (nSPS) is 9.62. The fraction of sp³-hybridized carbons (Fsp3) is 0.300. The second-order valence-electron chi connectivity index (χ2n) is 2.76. The van der Waals surface area contributed by atoms with Crippen LogP contribution in [0.4, 0.5) is 0 Å². The third kappa shape index (κ3) is 3.15. The van der Waals surface area contributed by atoms with Crippen molar-refractivity contribution in [3.63, 3.8) is 0 Å². The van der Waals surface area contributed by atoms with Gasteiger partial charge in [-0.05, 0) is 24.1 Å². The van der Waals surface area contributed by atoms with Crippen LogP contribution >= 0.6 is 0 Å². The van der Waals surface area contributed by atoms with Gasteiger partial charge in [0.2, 0.25) is 0 Å². The zero-order valence-corrected chi connectivity index (χ0v) is 7.62. The zero-order valence-electron chi connectivity index (χ0n) is 7.62. The van der Waals surface area contributed by atoms with Crippen molar-refractivity contribution in [2.45, 2.75) is 13.3 Å². The van der Waals surface area contributed by atoms with Crippen LogP contribution in [0.25, 0.3) is 0 Å². The number of aryl methyl sites for hydroxylation is 1. The van der Waals surface area contributed by atoms with Crippen molar-refractivity contribution in [3.8, 4) is 5.75 Å². The summed E-state index contributed by atoms with van der Waals surface area (Å²) in [5.74, 6) is 0.236. The summed E-state index contributed by atoms with van der Waals surface area (Å²) in [6.07, 6.45) is 0.952. The predicted octanol–water partition coefficient (Wildman–Crippen LogP) is 1.11. The lowest BCUT2D eigenvalue weighted by Gasteiger charge is -2.04.